The van der Waals surface area contributed by atoms with Crippen LogP contribution in [0.1, 0.15) is 77.0 Å². The van der Waals surface area contributed by atoms with Gasteiger partial charge in [0.05, 0.1) is 70.9 Å². The summed E-state index contributed by atoms with van der Waals surface area (Å²) in [5, 5.41) is 30.1. The van der Waals surface area contributed by atoms with Gasteiger partial charge in [0.2, 0.25) is 27.2 Å². The number of hydrogen-bond donors (Lipinski definition) is 9. The average molecular weight is 1320 g/mol. The van der Waals surface area contributed by atoms with E-state index in [4.69, 9.17) is 28.0 Å². The van der Waals surface area contributed by atoms with E-state index in [9.17, 15) is 60.3 Å². The number of nitrogens with one attached hydrogen (secondary N) is 8. The number of nitrogens with zero attached hydrogens (tertiary/aromatic N) is 5. The first-order valence-corrected chi connectivity index (χ1v) is 32.8. The summed E-state index contributed by atoms with van der Waals surface area (Å²) in [5.74, 6) is -3.37. The third kappa shape index (κ3) is 15.0. The Bertz CT molecular complexity index is 3150. The molecular formula is C41H57ClCuN14Na4O14S5. The molecule has 9 aliphatic rings. The Hall–Kier alpha value is 1.71. The van der Waals surface area contributed by atoms with Crippen LogP contribution < -0.4 is 166 Å². The summed E-state index contributed by atoms with van der Waals surface area (Å²) < 4.78 is 182. The topological polar surface area (TPSA) is 452 Å². The van der Waals surface area contributed by atoms with Crippen LogP contribution in [0.2, 0.25) is 5.28 Å². The van der Waals surface area contributed by atoms with Crippen LogP contribution in [0.5, 0.6) is 0 Å². The SMILES string of the molecule is Nc1nc(Cl)nc(Nc2ccc(S(=O)(=O)[O-])c(NS(=O)(=O)C3CCC4C5NC6[N-]C(NC7NC(NC8[N-]C(NC(N5)C4C3)C3CCC(S(=O)(=O)[O-])CC83)C3CCC(S(=O)(=O)[O-])CC73)C3CC(S(=O)(=O)[O-])CCC63)c2)n1.[Cu+2].[Na+].[Na+].[Na+].[Na+]. The monoisotopic (exact) mass is 1320 g/mol. The molecule has 5 aliphatic heterocycles. The van der Waals surface area contributed by atoms with Crippen LogP contribution in [-0.2, 0) is 67.6 Å². The van der Waals surface area contributed by atoms with Gasteiger partial charge in [-0.1, -0.05) is 24.7 Å². The first kappa shape index (κ1) is 70.8. The molecular weight excluding hydrogens is 1260 g/mol. The molecule has 8 bridgehead atoms. The largest absolute Gasteiger partial charge is 2.00 e. The van der Waals surface area contributed by atoms with E-state index in [0.29, 0.717) is 25.7 Å². The van der Waals surface area contributed by atoms with Gasteiger partial charge in [0.1, 0.15) is 10.1 Å². The van der Waals surface area contributed by atoms with Crippen LogP contribution in [-0.4, -0.2) is 146 Å². The molecule has 10 N–H and O–H groups in total. The predicted octanol–water partition coefficient (Wildman–Crippen LogP) is -12.8. The summed E-state index contributed by atoms with van der Waals surface area (Å²) in [6.07, 6.45) is -3.50. The van der Waals surface area contributed by atoms with Gasteiger partial charge in [-0.2, -0.15) is 15.0 Å². The molecule has 1 aromatic carbocycles. The summed E-state index contributed by atoms with van der Waals surface area (Å²) in [5.41, 5.74) is 5.22. The van der Waals surface area contributed by atoms with Crippen LogP contribution in [0.3, 0.4) is 0 Å². The van der Waals surface area contributed by atoms with E-state index < -0.39 is 155 Å². The van der Waals surface area contributed by atoms with Gasteiger partial charge in [-0.15, -0.1) is 0 Å². The number of sulfonamides is 1. The van der Waals surface area contributed by atoms with Crippen LogP contribution in [0.15, 0.2) is 23.1 Å². The molecule has 5 saturated heterocycles. The number of halogens is 1. The van der Waals surface area contributed by atoms with Crippen molar-refractivity contribution >= 4 is 85.4 Å². The number of benzene rings is 1. The van der Waals surface area contributed by atoms with Crippen molar-refractivity contribution < 1.29 is 196 Å². The van der Waals surface area contributed by atoms with Gasteiger partial charge in [0.15, 0.2) is 0 Å². The molecule has 1 aromatic heterocycles. The maximum Gasteiger partial charge on any atom is 2.00 e. The van der Waals surface area contributed by atoms with Crippen molar-refractivity contribution in [2.24, 2.45) is 47.3 Å². The standard InChI is InChI=1S/C41H61ClN14O14S5.Cu.4Na/c42-39-53-40(43)55-41(54-39)44-16-1-10-30(75(68,69)70)29(11-16)56-71(57,58)17-2-6-21-25(12-17)35-46-31(21)45-32-22-7-3-19(73(62,63)64)14-27(22)37(47-32)52-38-28-15-20(74(65,66)67)5-9-24(28)34(51-38)50-36-26-13-18(72(59,60)61)4-8-23(26)33(48-35)49-36;;;;;/h1,10-11,17-28,31-38,45-46,48,50-52,56H,2-9,12-15H2,(H,59,60,61)(H,62,63,64)(H,65,66,67)(H,68,69,70)(H3,43,44,53,54,55);;;;;/q-2;+2;4*+1/p-4. The second-order valence-corrected chi connectivity index (χ2v) is 30.3. The molecule has 4 saturated carbocycles. The number of nitrogen functional groups attached to an aromatic ring is 1. The Morgan fingerprint density at radius 2 is 0.900 bits per heavy atom. The molecule has 9 fully saturated rings. The number of fused-ring (bicyclic) bond motifs is 20. The Morgan fingerprint density at radius 1 is 0.512 bits per heavy atom. The molecule has 39 heteroatoms. The van der Waals surface area contributed by atoms with E-state index in [1.807, 2.05) is 0 Å². The number of rotatable bonds is 9. The first-order chi connectivity index (χ1) is 35.2. The van der Waals surface area contributed by atoms with Crippen molar-refractivity contribution in [3.63, 3.8) is 0 Å². The van der Waals surface area contributed by atoms with Gasteiger partial charge in [0, 0.05) is 21.4 Å². The molecule has 0 spiro atoms. The molecule has 4 aliphatic carbocycles. The number of anilines is 4. The van der Waals surface area contributed by atoms with Gasteiger partial charge in [0.25, 0.3) is 0 Å². The van der Waals surface area contributed by atoms with E-state index in [1.54, 1.807) is 0 Å². The predicted molar refractivity (Wildman–Crippen MR) is 263 cm³/mol. The molecule has 80 heavy (non-hydrogen) atoms. The summed E-state index contributed by atoms with van der Waals surface area (Å²) in [6.45, 7) is 0. The third-order valence-corrected chi connectivity index (χ3v) is 24.4. The molecule has 11 rings (SSSR count). The molecule has 6 heterocycles. The summed E-state index contributed by atoms with van der Waals surface area (Å²) in [7, 11) is -23.8. The average Bonchev–Trinajstić information content (AvgIpc) is 4.04. The van der Waals surface area contributed by atoms with Gasteiger partial charge in [-0.05, 0) is 154 Å². The molecule has 20 unspecified atom stereocenters. The summed E-state index contributed by atoms with van der Waals surface area (Å²) in [6, 6.07) is 3.23. The van der Waals surface area contributed by atoms with E-state index in [2.05, 4.69) is 56.9 Å². The molecule has 28 nitrogen and oxygen atoms in total. The second kappa shape index (κ2) is 27.0. The zero-order valence-electron chi connectivity index (χ0n) is 44.0. The van der Waals surface area contributed by atoms with Gasteiger partial charge < -0.3 is 61.2 Å². The fourth-order valence-corrected chi connectivity index (χ4v) is 19.4. The Morgan fingerprint density at radius 3 is 1.32 bits per heavy atom. The Balaban J connectivity index is 0.00000206. The number of aromatic nitrogens is 3. The van der Waals surface area contributed by atoms with E-state index in [1.165, 1.54) is 6.07 Å². The van der Waals surface area contributed by atoms with Crippen LogP contribution in [0.25, 0.3) is 10.6 Å². The van der Waals surface area contributed by atoms with Crippen molar-refractivity contribution in [2.45, 2.75) is 152 Å². The van der Waals surface area contributed by atoms with Gasteiger partial charge in [-0.3, -0.25) is 15.4 Å². The van der Waals surface area contributed by atoms with Crippen LogP contribution in [0, 0.1) is 47.3 Å². The van der Waals surface area contributed by atoms with Gasteiger partial charge in [-0.25, -0.2) is 42.1 Å². The van der Waals surface area contributed by atoms with E-state index in [-0.39, 0.29) is 233 Å². The number of hydrogen-bond acceptors (Lipinski definition) is 25. The minimum Gasteiger partial charge on any atom is -0.748 e. The summed E-state index contributed by atoms with van der Waals surface area (Å²) >= 11 is 5.92. The zero-order chi connectivity index (χ0) is 53.3. The Kier molecular flexibility index (Phi) is 23.9. The fraction of sp³-hybridized carbons (Fsp3) is 0.780. The van der Waals surface area contributed by atoms with Crippen molar-refractivity contribution in [1.82, 2.24) is 46.9 Å². The fourth-order valence-electron chi connectivity index (χ4n) is 14.4. The van der Waals surface area contributed by atoms with Crippen molar-refractivity contribution in [2.75, 3.05) is 15.8 Å². The zero-order valence-corrected chi connectivity index (χ0v) is 57.8. The third-order valence-electron chi connectivity index (χ3n) is 17.8. The second-order valence-electron chi connectivity index (χ2n) is 21.7. The van der Waals surface area contributed by atoms with E-state index >= 15 is 0 Å². The van der Waals surface area contributed by atoms with Crippen LogP contribution in [0.4, 0.5) is 23.3 Å². The van der Waals surface area contributed by atoms with E-state index in [0.717, 1.165) is 12.1 Å². The van der Waals surface area contributed by atoms with Crippen LogP contribution >= 0.6 is 11.6 Å². The molecule has 20 atom stereocenters. The van der Waals surface area contributed by atoms with Crippen molar-refractivity contribution in [3.05, 3.63) is 34.1 Å². The number of nitrogens with two attached hydrogens (primary N) is 1. The summed E-state index contributed by atoms with van der Waals surface area (Å²) in [4.78, 5) is 10.7. The Labute approximate surface area is 569 Å². The molecule has 2 aromatic rings. The minimum atomic E-state index is -5.24. The molecule has 0 amide bonds. The normalized spacial score (nSPS) is 38.6. The van der Waals surface area contributed by atoms with Gasteiger partial charge >= 0.3 is 135 Å². The molecule has 1 radical (unpaired) electrons. The quantitative estimate of drug-likeness (QED) is 0.0831. The molecule has 427 valence electrons. The van der Waals surface area contributed by atoms with Crippen molar-refractivity contribution in [3.8, 4) is 0 Å². The maximum atomic E-state index is 14.6. The smallest absolute Gasteiger partial charge is 0.748 e. The maximum absolute atomic E-state index is 14.6. The minimum absolute atomic E-state index is 0. The first-order valence-electron chi connectivity index (χ1n) is 25.0. The van der Waals surface area contributed by atoms with Crippen molar-refractivity contribution in [1.29, 1.82) is 0 Å².